The van der Waals surface area contributed by atoms with Crippen LogP contribution in [0.15, 0.2) is 36.7 Å². The van der Waals surface area contributed by atoms with Gasteiger partial charge in [-0.25, -0.2) is 19.3 Å². The van der Waals surface area contributed by atoms with Gasteiger partial charge in [0.05, 0.1) is 30.7 Å². The quantitative estimate of drug-likeness (QED) is 0.632. The Morgan fingerprint density at radius 3 is 2.67 bits per heavy atom. The largest absolute Gasteiger partial charge is 0.474 e. The highest BCUT2D eigenvalue weighted by atomic mass is 19.1. The second-order valence-corrected chi connectivity index (χ2v) is 7.37. The number of rotatable bonds is 7. The highest BCUT2D eigenvalue weighted by Crippen LogP contribution is 2.33. The molecule has 4 rings (SSSR count). The second kappa shape index (κ2) is 9.32. The van der Waals surface area contributed by atoms with E-state index in [4.69, 9.17) is 19.2 Å². The van der Waals surface area contributed by atoms with Crippen molar-refractivity contribution in [2.24, 2.45) is 0 Å². The Labute approximate surface area is 174 Å². The maximum absolute atomic E-state index is 13.4. The number of hydrogen-bond donors (Lipinski definition) is 1. The minimum Gasteiger partial charge on any atom is -0.474 e. The predicted octanol–water partition coefficient (Wildman–Crippen LogP) is 3.84. The zero-order valence-electron chi connectivity index (χ0n) is 17.1. The number of pyridine rings is 1. The number of fused-ring (bicyclic) bond motifs is 1. The Hall–Kier alpha value is -2.84. The third-order valence-corrected chi connectivity index (χ3v) is 4.98. The first-order valence-electron chi connectivity index (χ1n) is 10.1. The lowest BCUT2D eigenvalue weighted by molar-refractivity contribution is 0.0244. The van der Waals surface area contributed by atoms with Crippen molar-refractivity contribution in [3.05, 3.63) is 42.5 Å². The van der Waals surface area contributed by atoms with E-state index in [1.165, 1.54) is 12.1 Å². The number of nitrogens with zero attached hydrogens (tertiary/aromatic N) is 3. The highest BCUT2D eigenvalue weighted by molar-refractivity contribution is 5.96. The third-order valence-electron chi connectivity index (χ3n) is 4.98. The molecule has 1 aromatic carbocycles. The molecule has 2 aromatic heterocycles. The van der Waals surface area contributed by atoms with Crippen LogP contribution in [-0.4, -0.2) is 54.0 Å². The van der Waals surface area contributed by atoms with Crippen LogP contribution in [0.2, 0.25) is 0 Å². The van der Waals surface area contributed by atoms with Crippen LogP contribution < -0.4 is 10.1 Å². The van der Waals surface area contributed by atoms with Gasteiger partial charge in [0.25, 0.3) is 0 Å². The molecule has 7 nitrogen and oxygen atoms in total. The summed E-state index contributed by atoms with van der Waals surface area (Å²) in [5.74, 6) is 0.693. The van der Waals surface area contributed by atoms with E-state index in [1.54, 1.807) is 31.6 Å². The molecule has 1 N–H and O–H groups in total. The van der Waals surface area contributed by atoms with Gasteiger partial charge in [0.1, 0.15) is 11.9 Å². The average Bonchev–Trinajstić information content (AvgIpc) is 2.75. The van der Waals surface area contributed by atoms with Crippen molar-refractivity contribution < 1.29 is 18.6 Å². The molecule has 0 saturated carbocycles. The smallest absolute Gasteiger partial charge is 0.224 e. The normalized spacial score (nSPS) is 15.8. The van der Waals surface area contributed by atoms with Gasteiger partial charge >= 0.3 is 0 Å². The molecular weight excluding hydrogens is 387 g/mol. The Morgan fingerprint density at radius 1 is 1.17 bits per heavy atom. The van der Waals surface area contributed by atoms with Crippen LogP contribution in [-0.2, 0) is 9.47 Å². The minimum absolute atomic E-state index is 0.0431. The number of anilines is 1. The zero-order chi connectivity index (χ0) is 20.9. The molecule has 30 heavy (non-hydrogen) atoms. The maximum atomic E-state index is 13.4. The van der Waals surface area contributed by atoms with Crippen molar-refractivity contribution in [2.45, 2.75) is 31.9 Å². The van der Waals surface area contributed by atoms with Crippen molar-refractivity contribution in [3.8, 4) is 17.0 Å². The predicted molar refractivity (Wildman–Crippen MR) is 112 cm³/mol. The van der Waals surface area contributed by atoms with Gasteiger partial charge in [0, 0.05) is 44.0 Å². The van der Waals surface area contributed by atoms with Crippen LogP contribution in [0.5, 0.6) is 5.88 Å². The van der Waals surface area contributed by atoms with Crippen LogP contribution in [0.4, 0.5) is 10.3 Å². The lowest BCUT2D eigenvalue weighted by Gasteiger charge is -2.23. The molecule has 0 radical (unpaired) electrons. The Morgan fingerprint density at radius 2 is 1.93 bits per heavy atom. The molecule has 0 amide bonds. The fourth-order valence-electron chi connectivity index (χ4n) is 3.47. The van der Waals surface area contributed by atoms with Gasteiger partial charge in [-0.2, -0.15) is 0 Å². The highest BCUT2D eigenvalue weighted by Gasteiger charge is 2.20. The number of aromatic nitrogens is 3. The van der Waals surface area contributed by atoms with Crippen molar-refractivity contribution in [2.75, 3.05) is 32.2 Å². The minimum atomic E-state index is -0.291. The maximum Gasteiger partial charge on any atom is 0.224 e. The molecule has 8 heteroatoms. The van der Waals surface area contributed by atoms with E-state index in [1.807, 2.05) is 6.92 Å². The molecule has 158 valence electrons. The SMILES string of the molecule is COC[C@H](C)Nc1ncc2c(OC3CCOCC3)ncc(-c3ccc(F)cc3)c2n1. The summed E-state index contributed by atoms with van der Waals surface area (Å²) in [4.78, 5) is 13.7. The van der Waals surface area contributed by atoms with E-state index in [2.05, 4.69) is 15.3 Å². The van der Waals surface area contributed by atoms with E-state index in [0.717, 1.165) is 24.0 Å². The summed E-state index contributed by atoms with van der Waals surface area (Å²) in [6, 6.07) is 6.33. The van der Waals surface area contributed by atoms with Crippen LogP contribution in [0, 0.1) is 5.82 Å². The fourth-order valence-corrected chi connectivity index (χ4v) is 3.47. The first-order chi connectivity index (χ1) is 14.6. The topological polar surface area (TPSA) is 78.4 Å². The van der Waals surface area contributed by atoms with Crippen molar-refractivity contribution in [3.63, 3.8) is 0 Å². The summed E-state index contributed by atoms with van der Waals surface area (Å²) in [5.41, 5.74) is 2.30. The number of ether oxygens (including phenoxy) is 3. The zero-order valence-corrected chi connectivity index (χ0v) is 17.1. The Balaban J connectivity index is 1.75. The average molecular weight is 412 g/mol. The summed E-state index contributed by atoms with van der Waals surface area (Å²) in [5, 5.41) is 3.95. The van der Waals surface area contributed by atoms with Gasteiger partial charge in [-0.3, -0.25) is 0 Å². The van der Waals surface area contributed by atoms with E-state index >= 15 is 0 Å². The van der Waals surface area contributed by atoms with Gasteiger partial charge < -0.3 is 19.5 Å². The Bertz CT molecular complexity index is 994. The van der Waals surface area contributed by atoms with Crippen molar-refractivity contribution in [1.29, 1.82) is 0 Å². The van der Waals surface area contributed by atoms with E-state index in [0.29, 0.717) is 42.6 Å². The molecule has 3 aromatic rings. The molecule has 1 fully saturated rings. The van der Waals surface area contributed by atoms with E-state index in [-0.39, 0.29) is 18.0 Å². The number of nitrogens with one attached hydrogen (secondary N) is 1. The van der Waals surface area contributed by atoms with Crippen LogP contribution in [0.3, 0.4) is 0 Å². The molecule has 0 aliphatic carbocycles. The van der Waals surface area contributed by atoms with E-state index < -0.39 is 0 Å². The van der Waals surface area contributed by atoms with Crippen molar-refractivity contribution >= 4 is 16.9 Å². The molecule has 0 unspecified atom stereocenters. The number of halogens is 1. The van der Waals surface area contributed by atoms with Gasteiger partial charge in [-0.1, -0.05) is 12.1 Å². The van der Waals surface area contributed by atoms with Crippen LogP contribution in [0.1, 0.15) is 19.8 Å². The molecule has 0 spiro atoms. The van der Waals surface area contributed by atoms with Gasteiger partial charge in [0.2, 0.25) is 11.8 Å². The fraction of sp³-hybridized carbons (Fsp3) is 0.409. The summed E-state index contributed by atoms with van der Waals surface area (Å²) in [6.45, 7) is 3.88. The molecular formula is C22H25FN4O3. The molecule has 1 atom stereocenters. The molecule has 1 aliphatic rings. The Kier molecular flexibility index (Phi) is 6.35. The third kappa shape index (κ3) is 4.66. The van der Waals surface area contributed by atoms with Crippen LogP contribution in [0.25, 0.3) is 22.0 Å². The first-order valence-corrected chi connectivity index (χ1v) is 10.1. The summed E-state index contributed by atoms with van der Waals surface area (Å²) in [7, 11) is 1.65. The molecule has 0 bridgehead atoms. The second-order valence-electron chi connectivity index (χ2n) is 7.37. The number of methoxy groups -OCH3 is 1. The summed E-state index contributed by atoms with van der Waals surface area (Å²) < 4.78 is 30.2. The van der Waals surface area contributed by atoms with Gasteiger partial charge in [0.15, 0.2) is 0 Å². The van der Waals surface area contributed by atoms with Crippen LogP contribution >= 0.6 is 0 Å². The van der Waals surface area contributed by atoms with E-state index in [9.17, 15) is 4.39 Å². The van der Waals surface area contributed by atoms with Gasteiger partial charge in [-0.05, 0) is 24.6 Å². The molecule has 1 saturated heterocycles. The standard InChI is InChI=1S/C22H25FN4O3/c1-14(13-28-2)26-22-25-12-19-20(27-22)18(15-3-5-16(23)6-4-15)11-24-21(19)30-17-7-9-29-10-8-17/h3-6,11-12,14,17H,7-10,13H2,1-2H3,(H,25,26,27)/t14-/m0/s1. The monoisotopic (exact) mass is 412 g/mol. The van der Waals surface area contributed by atoms with Gasteiger partial charge in [-0.15, -0.1) is 0 Å². The first kappa shape index (κ1) is 20.4. The summed E-state index contributed by atoms with van der Waals surface area (Å²) >= 11 is 0. The summed E-state index contributed by atoms with van der Waals surface area (Å²) in [6.07, 6.45) is 5.12. The number of hydrogen-bond acceptors (Lipinski definition) is 7. The van der Waals surface area contributed by atoms with Crippen molar-refractivity contribution in [1.82, 2.24) is 15.0 Å². The molecule has 3 heterocycles. The lowest BCUT2D eigenvalue weighted by atomic mass is 10.1. The molecule has 1 aliphatic heterocycles. The lowest BCUT2D eigenvalue weighted by Crippen LogP contribution is -2.26. The number of benzene rings is 1.